The number of aliphatic hydroxyl groups is 1. The quantitative estimate of drug-likeness (QED) is 0.808. The van der Waals surface area contributed by atoms with Gasteiger partial charge in [0.1, 0.15) is 0 Å². The summed E-state index contributed by atoms with van der Waals surface area (Å²) in [5, 5.41) is 8.66. The molecule has 0 atom stereocenters. The Bertz CT molecular complexity index is 521. The Morgan fingerprint density at radius 2 is 2.29 bits per heavy atom. The minimum Gasteiger partial charge on any atom is -0.395 e. The van der Waals surface area contributed by atoms with Gasteiger partial charge in [-0.05, 0) is 17.7 Å². The van der Waals surface area contributed by atoms with Gasteiger partial charge in [-0.3, -0.25) is 0 Å². The first-order valence-electron chi connectivity index (χ1n) is 5.53. The van der Waals surface area contributed by atoms with Crippen LogP contribution >= 0.6 is 0 Å². The van der Waals surface area contributed by atoms with Crippen molar-refractivity contribution in [3.05, 3.63) is 54.1 Å². The zero-order valence-corrected chi connectivity index (χ0v) is 9.50. The number of imidazole rings is 1. The number of aromatic nitrogens is 2. The van der Waals surface area contributed by atoms with Crippen molar-refractivity contribution in [3.63, 3.8) is 0 Å². The first kappa shape index (κ1) is 11.4. The SMILES string of the molecule is OCCC#Cc1cccc(Cn2ccnc2)c1. The highest BCUT2D eigenvalue weighted by atomic mass is 16.2. The molecule has 3 nitrogen and oxygen atoms in total. The third-order valence-electron chi connectivity index (χ3n) is 2.32. The van der Waals surface area contributed by atoms with Gasteiger partial charge in [-0.25, -0.2) is 4.98 Å². The fourth-order valence-corrected chi connectivity index (χ4v) is 1.56. The molecule has 1 N–H and O–H groups in total. The summed E-state index contributed by atoms with van der Waals surface area (Å²) in [6, 6.07) is 8.10. The van der Waals surface area contributed by atoms with Gasteiger partial charge in [0.2, 0.25) is 0 Å². The maximum Gasteiger partial charge on any atom is 0.0949 e. The summed E-state index contributed by atoms with van der Waals surface area (Å²) < 4.78 is 2.01. The van der Waals surface area contributed by atoms with E-state index in [9.17, 15) is 0 Å². The second-order valence-electron chi connectivity index (χ2n) is 3.71. The van der Waals surface area contributed by atoms with Gasteiger partial charge in [-0.2, -0.15) is 0 Å². The molecule has 17 heavy (non-hydrogen) atoms. The number of aliphatic hydroxyl groups excluding tert-OH is 1. The topological polar surface area (TPSA) is 38.0 Å². The van der Waals surface area contributed by atoms with Gasteiger partial charge in [-0.15, -0.1) is 0 Å². The van der Waals surface area contributed by atoms with Crippen molar-refractivity contribution in [2.75, 3.05) is 6.61 Å². The van der Waals surface area contributed by atoms with E-state index >= 15 is 0 Å². The van der Waals surface area contributed by atoms with Crippen LogP contribution in [0.2, 0.25) is 0 Å². The molecule has 0 radical (unpaired) electrons. The van der Waals surface area contributed by atoms with Crippen LogP contribution in [-0.4, -0.2) is 21.3 Å². The van der Waals surface area contributed by atoms with Crippen molar-refractivity contribution in [1.29, 1.82) is 0 Å². The molecule has 2 rings (SSSR count). The first-order valence-corrected chi connectivity index (χ1v) is 5.53. The summed E-state index contributed by atoms with van der Waals surface area (Å²) in [4.78, 5) is 4.01. The molecule has 2 aromatic rings. The van der Waals surface area contributed by atoms with E-state index in [2.05, 4.69) is 29.0 Å². The van der Waals surface area contributed by atoms with E-state index in [-0.39, 0.29) is 6.61 Å². The van der Waals surface area contributed by atoms with Crippen molar-refractivity contribution < 1.29 is 5.11 Å². The van der Waals surface area contributed by atoms with Gasteiger partial charge in [0.25, 0.3) is 0 Å². The molecular weight excluding hydrogens is 212 g/mol. The van der Waals surface area contributed by atoms with Gasteiger partial charge < -0.3 is 9.67 Å². The molecular formula is C14H14N2O. The molecule has 1 aromatic heterocycles. The molecule has 0 spiro atoms. The summed E-state index contributed by atoms with van der Waals surface area (Å²) in [6.07, 6.45) is 6.02. The van der Waals surface area contributed by atoms with Crippen LogP contribution in [0.4, 0.5) is 0 Å². The van der Waals surface area contributed by atoms with E-state index in [1.807, 2.05) is 22.9 Å². The van der Waals surface area contributed by atoms with E-state index in [4.69, 9.17) is 5.11 Å². The number of nitrogens with zero attached hydrogens (tertiary/aromatic N) is 2. The maximum atomic E-state index is 8.66. The number of benzene rings is 1. The van der Waals surface area contributed by atoms with Crippen LogP contribution in [0.5, 0.6) is 0 Å². The fourth-order valence-electron chi connectivity index (χ4n) is 1.56. The second kappa shape index (κ2) is 5.88. The standard InChI is InChI=1S/C14H14N2O/c17-9-2-1-4-13-5-3-6-14(10-13)11-16-8-7-15-12-16/h3,5-8,10,12,17H,2,9,11H2. The minimum absolute atomic E-state index is 0.113. The Hall–Kier alpha value is -2.05. The molecule has 3 heteroatoms. The van der Waals surface area contributed by atoms with Crippen LogP contribution in [0, 0.1) is 11.8 Å². The summed E-state index contributed by atoms with van der Waals surface area (Å²) >= 11 is 0. The third-order valence-corrected chi connectivity index (χ3v) is 2.32. The Kier molecular flexibility index (Phi) is 3.95. The highest BCUT2D eigenvalue weighted by molar-refractivity contribution is 5.37. The predicted molar refractivity (Wildman–Crippen MR) is 66.4 cm³/mol. The van der Waals surface area contributed by atoms with E-state index in [0.717, 1.165) is 12.1 Å². The van der Waals surface area contributed by atoms with Crippen LogP contribution in [0.25, 0.3) is 0 Å². The van der Waals surface area contributed by atoms with E-state index in [1.54, 1.807) is 12.5 Å². The summed E-state index contributed by atoms with van der Waals surface area (Å²) in [6.45, 7) is 0.914. The molecule has 0 aliphatic rings. The summed E-state index contributed by atoms with van der Waals surface area (Å²) in [5.41, 5.74) is 2.18. The van der Waals surface area contributed by atoms with Crippen LogP contribution in [0.3, 0.4) is 0 Å². The van der Waals surface area contributed by atoms with E-state index in [0.29, 0.717) is 6.42 Å². The molecule has 1 aromatic carbocycles. The van der Waals surface area contributed by atoms with E-state index < -0.39 is 0 Å². The first-order chi connectivity index (χ1) is 8.38. The lowest BCUT2D eigenvalue weighted by Crippen LogP contribution is -1.96. The van der Waals surface area contributed by atoms with Gasteiger partial charge in [0, 0.05) is 30.9 Å². The lowest BCUT2D eigenvalue weighted by Gasteiger charge is -2.02. The van der Waals surface area contributed by atoms with Crippen LogP contribution in [-0.2, 0) is 6.54 Å². The summed E-state index contributed by atoms with van der Waals surface area (Å²) in [5.74, 6) is 5.95. The van der Waals surface area contributed by atoms with Crippen molar-refractivity contribution in [2.24, 2.45) is 0 Å². The molecule has 1 heterocycles. The Morgan fingerprint density at radius 3 is 3.06 bits per heavy atom. The van der Waals surface area contributed by atoms with Gasteiger partial charge >= 0.3 is 0 Å². The maximum absolute atomic E-state index is 8.66. The molecule has 0 saturated heterocycles. The largest absolute Gasteiger partial charge is 0.395 e. The molecule has 0 unspecified atom stereocenters. The summed E-state index contributed by atoms with van der Waals surface area (Å²) in [7, 11) is 0. The monoisotopic (exact) mass is 226 g/mol. The van der Waals surface area contributed by atoms with Crippen molar-refractivity contribution in [1.82, 2.24) is 9.55 Å². The fraction of sp³-hybridized carbons (Fsp3) is 0.214. The van der Waals surface area contributed by atoms with Crippen molar-refractivity contribution >= 4 is 0 Å². The van der Waals surface area contributed by atoms with E-state index in [1.165, 1.54) is 5.56 Å². The Labute approximate surface area is 101 Å². The molecule has 0 aliphatic carbocycles. The van der Waals surface area contributed by atoms with Gasteiger partial charge in [0.15, 0.2) is 0 Å². The zero-order chi connectivity index (χ0) is 11.9. The number of rotatable bonds is 3. The van der Waals surface area contributed by atoms with Crippen LogP contribution in [0.15, 0.2) is 43.0 Å². The average Bonchev–Trinajstić information content (AvgIpc) is 2.83. The molecule has 0 fully saturated rings. The van der Waals surface area contributed by atoms with Gasteiger partial charge in [-0.1, -0.05) is 24.0 Å². The number of hydrogen-bond acceptors (Lipinski definition) is 2. The molecule has 0 aliphatic heterocycles. The smallest absolute Gasteiger partial charge is 0.0949 e. The zero-order valence-electron chi connectivity index (χ0n) is 9.50. The third kappa shape index (κ3) is 3.47. The highest BCUT2D eigenvalue weighted by Gasteiger charge is 1.95. The van der Waals surface area contributed by atoms with Crippen LogP contribution < -0.4 is 0 Å². The van der Waals surface area contributed by atoms with Gasteiger partial charge in [0.05, 0.1) is 12.9 Å². The van der Waals surface area contributed by atoms with Crippen molar-refractivity contribution in [3.8, 4) is 11.8 Å². The van der Waals surface area contributed by atoms with Crippen molar-refractivity contribution in [2.45, 2.75) is 13.0 Å². The lowest BCUT2D eigenvalue weighted by molar-refractivity contribution is 0.305. The highest BCUT2D eigenvalue weighted by Crippen LogP contribution is 2.06. The minimum atomic E-state index is 0.113. The van der Waals surface area contributed by atoms with Crippen LogP contribution in [0.1, 0.15) is 17.5 Å². The Morgan fingerprint density at radius 1 is 1.35 bits per heavy atom. The normalized spacial score (nSPS) is 9.71. The predicted octanol–water partition coefficient (Wildman–Crippen LogP) is 1.67. The molecule has 0 bridgehead atoms. The molecule has 86 valence electrons. The Balaban J connectivity index is 2.09. The second-order valence-corrected chi connectivity index (χ2v) is 3.71. The molecule has 0 amide bonds. The lowest BCUT2D eigenvalue weighted by atomic mass is 10.1. The number of hydrogen-bond donors (Lipinski definition) is 1. The molecule has 0 saturated carbocycles. The average molecular weight is 226 g/mol.